The quantitative estimate of drug-likeness (QED) is 0.215. The number of anilines is 1. The fourth-order valence-corrected chi connectivity index (χ4v) is 7.42. The van der Waals surface area contributed by atoms with Gasteiger partial charge in [-0.2, -0.15) is 4.31 Å². The molecule has 0 aliphatic heterocycles. The van der Waals surface area contributed by atoms with Crippen LogP contribution in [0, 0.1) is 5.41 Å². The summed E-state index contributed by atoms with van der Waals surface area (Å²) < 4.78 is 27.6. The highest BCUT2D eigenvalue weighted by atomic mass is 32.2. The zero-order valence-electron chi connectivity index (χ0n) is 23.3. The second-order valence-electron chi connectivity index (χ2n) is 11.0. The molecular formula is C31H37N3O3S2. The Kier molecular flexibility index (Phi) is 8.89. The molecule has 8 heteroatoms. The molecule has 0 radical (unpaired) electrons. The monoisotopic (exact) mass is 563 g/mol. The maximum atomic E-state index is 13.1. The lowest BCUT2D eigenvalue weighted by molar-refractivity contribution is 0.102. The van der Waals surface area contributed by atoms with Crippen LogP contribution in [0.2, 0.25) is 0 Å². The van der Waals surface area contributed by atoms with Crippen molar-refractivity contribution in [3.05, 3.63) is 77.2 Å². The Balaban J connectivity index is 1.59. The summed E-state index contributed by atoms with van der Waals surface area (Å²) in [7, 11) is -3.60. The van der Waals surface area contributed by atoms with E-state index in [1.807, 2.05) is 26.0 Å². The van der Waals surface area contributed by atoms with E-state index in [2.05, 4.69) is 56.4 Å². The van der Waals surface area contributed by atoms with Crippen molar-refractivity contribution in [3.63, 3.8) is 0 Å². The minimum absolute atomic E-state index is 0.0458. The number of benzene rings is 3. The summed E-state index contributed by atoms with van der Waals surface area (Å²) in [5.74, 6) is -0.320. The number of rotatable bonds is 10. The molecule has 0 unspecified atom stereocenters. The van der Waals surface area contributed by atoms with Gasteiger partial charge in [-0.3, -0.25) is 10.1 Å². The average molecular weight is 564 g/mol. The van der Waals surface area contributed by atoms with Crippen LogP contribution in [0.5, 0.6) is 0 Å². The van der Waals surface area contributed by atoms with Gasteiger partial charge in [0.1, 0.15) is 0 Å². The van der Waals surface area contributed by atoms with Crippen molar-refractivity contribution in [2.75, 3.05) is 18.4 Å². The molecule has 0 aliphatic carbocycles. The second kappa shape index (κ2) is 12.0. The molecule has 1 aromatic heterocycles. The molecule has 0 saturated heterocycles. The molecule has 3 aromatic carbocycles. The lowest BCUT2D eigenvalue weighted by Gasteiger charge is -2.21. The van der Waals surface area contributed by atoms with E-state index in [1.165, 1.54) is 33.2 Å². The van der Waals surface area contributed by atoms with Crippen LogP contribution in [-0.2, 0) is 16.4 Å². The van der Waals surface area contributed by atoms with Crippen LogP contribution in [0.15, 0.2) is 71.6 Å². The maximum Gasteiger partial charge on any atom is 0.257 e. The van der Waals surface area contributed by atoms with E-state index in [9.17, 15) is 13.2 Å². The van der Waals surface area contributed by atoms with Crippen LogP contribution < -0.4 is 5.32 Å². The van der Waals surface area contributed by atoms with Gasteiger partial charge in [0.05, 0.1) is 10.6 Å². The highest BCUT2D eigenvalue weighted by molar-refractivity contribution is 7.89. The largest absolute Gasteiger partial charge is 0.298 e. The van der Waals surface area contributed by atoms with Gasteiger partial charge in [0, 0.05) is 29.1 Å². The lowest BCUT2D eigenvalue weighted by atomic mass is 9.90. The SMILES string of the molecule is CCCN(CCC)S(=O)(=O)c1ccc(C(=O)Nc2nc(-c3ccc4ccccc4c3)c(CC(C)(C)C)s2)cc1. The van der Waals surface area contributed by atoms with E-state index in [0.717, 1.165) is 40.8 Å². The number of fused-ring (bicyclic) bond motifs is 1. The molecule has 0 atom stereocenters. The van der Waals surface area contributed by atoms with Crippen LogP contribution in [0.4, 0.5) is 5.13 Å². The zero-order chi connectivity index (χ0) is 28.2. The number of amides is 1. The third-order valence-electron chi connectivity index (χ3n) is 6.33. The van der Waals surface area contributed by atoms with Gasteiger partial charge in [0.25, 0.3) is 5.91 Å². The molecule has 4 aromatic rings. The molecule has 1 heterocycles. The number of hydrogen-bond donors (Lipinski definition) is 1. The van der Waals surface area contributed by atoms with Gasteiger partial charge in [-0.25, -0.2) is 13.4 Å². The van der Waals surface area contributed by atoms with Gasteiger partial charge in [-0.1, -0.05) is 71.0 Å². The molecule has 1 amide bonds. The Morgan fingerprint density at radius 1 is 0.923 bits per heavy atom. The molecule has 0 aliphatic rings. The highest BCUT2D eigenvalue weighted by Gasteiger charge is 2.24. The number of carbonyl (C=O) groups is 1. The van der Waals surface area contributed by atoms with Crippen molar-refractivity contribution in [1.29, 1.82) is 0 Å². The normalized spacial score (nSPS) is 12.3. The van der Waals surface area contributed by atoms with Crippen LogP contribution in [0.25, 0.3) is 22.0 Å². The van der Waals surface area contributed by atoms with Gasteiger partial charge in [0.2, 0.25) is 10.0 Å². The molecule has 0 bridgehead atoms. The Hall–Kier alpha value is -3.07. The molecule has 1 N–H and O–H groups in total. The Bertz CT molecular complexity index is 1550. The molecule has 6 nitrogen and oxygen atoms in total. The van der Waals surface area contributed by atoms with E-state index >= 15 is 0 Å². The smallest absolute Gasteiger partial charge is 0.257 e. The maximum absolute atomic E-state index is 13.1. The number of nitrogens with zero attached hydrogens (tertiary/aromatic N) is 2. The topological polar surface area (TPSA) is 79.4 Å². The van der Waals surface area contributed by atoms with Gasteiger partial charge in [-0.15, -0.1) is 11.3 Å². The molecule has 4 rings (SSSR count). The highest BCUT2D eigenvalue weighted by Crippen LogP contribution is 2.37. The summed E-state index contributed by atoms with van der Waals surface area (Å²) in [5, 5.41) is 5.77. The number of aromatic nitrogens is 1. The molecular weight excluding hydrogens is 526 g/mol. The van der Waals surface area contributed by atoms with E-state index in [1.54, 1.807) is 12.1 Å². The summed E-state index contributed by atoms with van der Waals surface area (Å²) in [6.45, 7) is 11.4. The second-order valence-corrected chi connectivity index (χ2v) is 14.0. The Labute approximate surface area is 236 Å². The predicted molar refractivity (Wildman–Crippen MR) is 162 cm³/mol. The lowest BCUT2D eigenvalue weighted by Crippen LogP contribution is -2.32. The molecule has 206 valence electrons. The first-order chi connectivity index (χ1) is 18.5. The molecule has 0 fully saturated rings. The summed E-state index contributed by atoms with van der Waals surface area (Å²) >= 11 is 1.49. The van der Waals surface area contributed by atoms with Crippen LogP contribution in [0.3, 0.4) is 0 Å². The predicted octanol–water partition coefficient (Wildman–Crippen LogP) is 7.61. The molecule has 39 heavy (non-hydrogen) atoms. The fourth-order valence-electron chi connectivity index (χ4n) is 4.52. The fraction of sp³-hybridized carbons (Fsp3) is 0.355. The van der Waals surface area contributed by atoms with Gasteiger partial charge < -0.3 is 0 Å². The van der Waals surface area contributed by atoms with Gasteiger partial charge in [0.15, 0.2) is 5.13 Å². The van der Waals surface area contributed by atoms with Crippen LogP contribution in [-0.4, -0.2) is 36.7 Å². The molecule has 0 spiro atoms. The molecule has 0 saturated carbocycles. The minimum Gasteiger partial charge on any atom is -0.298 e. The van der Waals surface area contributed by atoms with Crippen molar-refractivity contribution < 1.29 is 13.2 Å². The summed E-state index contributed by atoms with van der Waals surface area (Å²) in [4.78, 5) is 19.3. The van der Waals surface area contributed by atoms with Crippen LogP contribution in [0.1, 0.15) is 62.7 Å². The number of hydrogen-bond acceptors (Lipinski definition) is 5. The van der Waals surface area contributed by atoms with Crippen molar-refractivity contribution in [2.45, 2.75) is 58.8 Å². The Morgan fingerprint density at radius 3 is 2.18 bits per heavy atom. The first kappa shape index (κ1) is 28.9. The third kappa shape index (κ3) is 6.93. The van der Waals surface area contributed by atoms with Crippen molar-refractivity contribution >= 4 is 43.2 Å². The van der Waals surface area contributed by atoms with E-state index in [-0.39, 0.29) is 16.2 Å². The van der Waals surface area contributed by atoms with E-state index in [4.69, 9.17) is 4.98 Å². The van der Waals surface area contributed by atoms with Gasteiger partial charge in [-0.05, 0) is 65.8 Å². The van der Waals surface area contributed by atoms with E-state index < -0.39 is 10.0 Å². The minimum atomic E-state index is -3.60. The number of carbonyl (C=O) groups excluding carboxylic acids is 1. The zero-order valence-corrected chi connectivity index (χ0v) is 25.0. The van der Waals surface area contributed by atoms with Crippen molar-refractivity contribution in [3.8, 4) is 11.3 Å². The van der Waals surface area contributed by atoms with Gasteiger partial charge >= 0.3 is 0 Å². The first-order valence-corrected chi connectivity index (χ1v) is 15.7. The van der Waals surface area contributed by atoms with Crippen molar-refractivity contribution in [1.82, 2.24) is 9.29 Å². The standard InChI is InChI=1S/C31H37N3O3S2/c1-6-18-34(19-7-2)39(36,37)26-16-14-23(15-17-26)29(35)33-30-32-28(27(38-30)21-31(3,4)5)25-13-12-22-10-8-9-11-24(22)20-25/h8-17,20H,6-7,18-19,21H2,1-5H3,(H,32,33,35). The van der Waals surface area contributed by atoms with Crippen molar-refractivity contribution in [2.24, 2.45) is 5.41 Å². The number of thiazole rings is 1. The number of nitrogens with one attached hydrogen (secondary N) is 1. The average Bonchev–Trinajstić information content (AvgIpc) is 3.28. The third-order valence-corrected chi connectivity index (χ3v) is 9.22. The van der Waals surface area contributed by atoms with Crippen LogP contribution >= 0.6 is 11.3 Å². The summed E-state index contributed by atoms with van der Waals surface area (Å²) in [6.07, 6.45) is 2.30. The number of sulfonamides is 1. The summed E-state index contributed by atoms with van der Waals surface area (Å²) in [5.41, 5.74) is 2.32. The van der Waals surface area contributed by atoms with E-state index in [0.29, 0.717) is 23.8 Å². The summed E-state index contributed by atoms with van der Waals surface area (Å²) in [6, 6.07) is 20.7. The first-order valence-electron chi connectivity index (χ1n) is 13.4. The Morgan fingerprint density at radius 2 is 1.56 bits per heavy atom.